The lowest BCUT2D eigenvalue weighted by Gasteiger charge is -2.12. The SMILES string of the molecule is C=C.c1ccc(-c2cccc(-c3cccc(-c4nc(-c5ccccc5)nc(-n5c6ccccc6c6ccc7c(c8ccccc8n7-c7ccccc7)c65)n4)c3)c2)cc1. The van der Waals surface area contributed by atoms with Crippen LogP contribution in [0.5, 0.6) is 0 Å². The summed E-state index contributed by atoms with van der Waals surface area (Å²) in [6.45, 7) is 6.00. The minimum Gasteiger partial charge on any atom is -0.309 e. The molecule has 5 nitrogen and oxygen atoms in total. The molecule has 0 atom stereocenters. The molecule has 0 spiro atoms. The van der Waals surface area contributed by atoms with Gasteiger partial charge in [-0.15, -0.1) is 13.2 Å². The maximum absolute atomic E-state index is 5.36. The molecule has 0 saturated carbocycles. The van der Waals surface area contributed by atoms with Crippen LogP contribution in [0.3, 0.4) is 0 Å². The Morgan fingerprint density at radius 3 is 1.48 bits per heavy atom. The molecule has 3 heterocycles. The fourth-order valence-corrected chi connectivity index (χ4v) is 8.23. The van der Waals surface area contributed by atoms with Crippen LogP contribution in [0.1, 0.15) is 0 Å². The molecule has 8 aromatic carbocycles. The summed E-state index contributed by atoms with van der Waals surface area (Å²) in [5.41, 5.74) is 11.9. The Hall–Kier alpha value is -7.89. The molecule has 0 radical (unpaired) electrons. The normalized spacial score (nSPS) is 11.2. The molecule has 0 aliphatic carbocycles. The summed E-state index contributed by atoms with van der Waals surface area (Å²) in [7, 11) is 0. The van der Waals surface area contributed by atoms with Crippen molar-refractivity contribution in [3.63, 3.8) is 0 Å². The zero-order valence-electron chi connectivity index (χ0n) is 31.7. The highest BCUT2D eigenvalue weighted by molar-refractivity contribution is 6.26. The van der Waals surface area contributed by atoms with Gasteiger partial charge in [-0.2, -0.15) is 9.97 Å². The van der Waals surface area contributed by atoms with E-state index in [1.54, 1.807) is 0 Å². The molecule has 11 rings (SSSR count). The maximum atomic E-state index is 5.36. The number of nitrogens with zero attached hydrogens (tertiary/aromatic N) is 5. The molecule has 0 N–H and O–H groups in total. The second kappa shape index (κ2) is 14.6. The highest BCUT2D eigenvalue weighted by atomic mass is 15.2. The number of fused-ring (bicyclic) bond motifs is 7. The molecular formula is C53H37N5. The van der Waals surface area contributed by atoms with E-state index in [4.69, 9.17) is 15.0 Å². The van der Waals surface area contributed by atoms with Gasteiger partial charge < -0.3 is 4.57 Å². The molecule has 274 valence electrons. The topological polar surface area (TPSA) is 48.5 Å². The van der Waals surface area contributed by atoms with Gasteiger partial charge in [0.05, 0.1) is 22.1 Å². The summed E-state index contributed by atoms with van der Waals surface area (Å²) in [5, 5.41) is 4.61. The molecule has 3 aromatic heterocycles. The number of aromatic nitrogens is 5. The van der Waals surface area contributed by atoms with Crippen molar-refractivity contribution >= 4 is 43.6 Å². The average molecular weight is 744 g/mol. The molecule has 11 aromatic rings. The van der Waals surface area contributed by atoms with Crippen molar-refractivity contribution in [3.8, 4) is 56.7 Å². The zero-order valence-corrected chi connectivity index (χ0v) is 31.7. The Bertz CT molecular complexity index is 3250. The quantitative estimate of drug-likeness (QED) is 0.159. The van der Waals surface area contributed by atoms with Gasteiger partial charge in [0.15, 0.2) is 11.6 Å². The van der Waals surface area contributed by atoms with E-state index < -0.39 is 0 Å². The minimum atomic E-state index is 0.570. The van der Waals surface area contributed by atoms with Crippen LogP contribution in [0.2, 0.25) is 0 Å². The van der Waals surface area contributed by atoms with Crippen LogP contribution < -0.4 is 0 Å². The third-order valence-corrected chi connectivity index (χ3v) is 10.8. The number of para-hydroxylation sites is 3. The molecule has 5 heteroatoms. The summed E-state index contributed by atoms with van der Waals surface area (Å²) in [6, 6.07) is 70.3. The van der Waals surface area contributed by atoms with E-state index in [-0.39, 0.29) is 0 Å². The second-order valence-electron chi connectivity index (χ2n) is 14.1. The Labute approximate surface area is 336 Å². The van der Waals surface area contributed by atoms with Gasteiger partial charge in [0, 0.05) is 38.4 Å². The van der Waals surface area contributed by atoms with Gasteiger partial charge >= 0.3 is 0 Å². The van der Waals surface area contributed by atoms with Crippen LogP contribution in [0.15, 0.2) is 213 Å². The smallest absolute Gasteiger partial charge is 0.238 e. The van der Waals surface area contributed by atoms with Gasteiger partial charge in [0.2, 0.25) is 5.95 Å². The number of rotatable bonds is 6. The van der Waals surface area contributed by atoms with Crippen molar-refractivity contribution < 1.29 is 0 Å². The molecule has 0 amide bonds. The lowest BCUT2D eigenvalue weighted by molar-refractivity contribution is 0.955. The Morgan fingerprint density at radius 2 is 0.810 bits per heavy atom. The van der Waals surface area contributed by atoms with Crippen LogP contribution in [0, 0.1) is 0 Å². The van der Waals surface area contributed by atoms with Crippen LogP contribution >= 0.6 is 0 Å². The van der Waals surface area contributed by atoms with E-state index >= 15 is 0 Å². The van der Waals surface area contributed by atoms with E-state index in [1.807, 2.05) is 18.2 Å². The predicted octanol–water partition coefficient (Wildman–Crippen LogP) is 13.5. The van der Waals surface area contributed by atoms with Gasteiger partial charge in [-0.3, -0.25) is 4.57 Å². The highest BCUT2D eigenvalue weighted by Gasteiger charge is 2.23. The Morgan fingerprint density at radius 1 is 0.328 bits per heavy atom. The monoisotopic (exact) mass is 743 g/mol. The number of hydrogen-bond acceptors (Lipinski definition) is 3. The summed E-state index contributed by atoms with van der Waals surface area (Å²) in [6.07, 6.45) is 0. The largest absolute Gasteiger partial charge is 0.309 e. The third-order valence-electron chi connectivity index (χ3n) is 10.8. The average Bonchev–Trinajstić information content (AvgIpc) is 3.83. The summed E-state index contributed by atoms with van der Waals surface area (Å²) in [5.74, 6) is 1.80. The molecule has 0 aliphatic rings. The first kappa shape index (κ1) is 34.6. The molecule has 0 fully saturated rings. The zero-order chi connectivity index (χ0) is 39.0. The molecule has 0 unspecified atom stereocenters. The van der Waals surface area contributed by atoms with E-state index in [2.05, 4.69) is 204 Å². The standard InChI is InChI=1S/C51H33N5.C2H4/c1-4-16-34(17-5-1)36-20-14-21-37(32-36)38-22-15-23-39(33-38)50-52-49(35-18-6-2-7-19-35)53-51(54-50)56-44-28-12-10-26-41(44)42-30-31-46-47(48(42)56)43-27-11-13-29-45(43)55(46)40-24-8-3-9-25-40;1-2/h1-33H;1-2H2. The molecule has 58 heavy (non-hydrogen) atoms. The lowest BCUT2D eigenvalue weighted by Crippen LogP contribution is -2.06. The van der Waals surface area contributed by atoms with Crippen molar-refractivity contribution in [1.82, 2.24) is 24.1 Å². The fourth-order valence-electron chi connectivity index (χ4n) is 8.23. The van der Waals surface area contributed by atoms with E-state index in [1.165, 1.54) is 16.5 Å². The third kappa shape index (κ3) is 5.85. The van der Waals surface area contributed by atoms with Crippen molar-refractivity contribution in [2.75, 3.05) is 0 Å². The van der Waals surface area contributed by atoms with Crippen LogP contribution in [-0.4, -0.2) is 24.1 Å². The van der Waals surface area contributed by atoms with E-state index in [9.17, 15) is 0 Å². The van der Waals surface area contributed by atoms with Crippen molar-refractivity contribution in [2.45, 2.75) is 0 Å². The second-order valence-corrected chi connectivity index (χ2v) is 14.1. The lowest BCUT2D eigenvalue weighted by atomic mass is 9.98. The van der Waals surface area contributed by atoms with Crippen LogP contribution in [0.25, 0.3) is 100 Å². The van der Waals surface area contributed by atoms with Crippen LogP contribution in [-0.2, 0) is 0 Å². The Kier molecular flexibility index (Phi) is 8.73. The molecule has 0 saturated heterocycles. The van der Waals surface area contributed by atoms with Gasteiger partial charge in [-0.1, -0.05) is 158 Å². The summed E-state index contributed by atoms with van der Waals surface area (Å²) in [4.78, 5) is 15.8. The first-order valence-electron chi connectivity index (χ1n) is 19.4. The number of benzene rings is 8. The van der Waals surface area contributed by atoms with Gasteiger partial charge in [-0.25, -0.2) is 4.98 Å². The van der Waals surface area contributed by atoms with Gasteiger partial charge in [0.1, 0.15) is 0 Å². The van der Waals surface area contributed by atoms with Gasteiger partial charge in [-0.05, 0) is 64.7 Å². The van der Waals surface area contributed by atoms with Crippen molar-refractivity contribution in [1.29, 1.82) is 0 Å². The Balaban J connectivity index is 0.00000201. The number of hydrogen-bond donors (Lipinski definition) is 0. The summed E-state index contributed by atoms with van der Waals surface area (Å²) >= 11 is 0. The summed E-state index contributed by atoms with van der Waals surface area (Å²) < 4.78 is 4.61. The minimum absolute atomic E-state index is 0.570. The van der Waals surface area contributed by atoms with Crippen molar-refractivity contribution in [2.24, 2.45) is 0 Å². The van der Waals surface area contributed by atoms with Gasteiger partial charge in [0.25, 0.3) is 0 Å². The molecular weight excluding hydrogens is 707 g/mol. The fraction of sp³-hybridized carbons (Fsp3) is 0. The highest BCUT2D eigenvalue weighted by Crippen LogP contribution is 2.42. The first-order chi connectivity index (χ1) is 28.8. The maximum Gasteiger partial charge on any atom is 0.238 e. The molecule has 0 bridgehead atoms. The predicted molar refractivity (Wildman–Crippen MR) is 242 cm³/mol. The van der Waals surface area contributed by atoms with E-state index in [0.29, 0.717) is 17.6 Å². The first-order valence-corrected chi connectivity index (χ1v) is 19.4. The molecule has 0 aliphatic heterocycles. The van der Waals surface area contributed by atoms with Crippen molar-refractivity contribution in [3.05, 3.63) is 213 Å². The van der Waals surface area contributed by atoms with Crippen LogP contribution in [0.4, 0.5) is 0 Å². The van der Waals surface area contributed by atoms with E-state index in [0.717, 1.165) is 66.2 Å².